The fraction of sp³-hybridized carbons (Fsp3) is 1.00. The topological polar surface area (TPSA) is 9.23 Å². The second kappa shape index (κ2) is 6.47. The van der Waals surface area contributed by atoms with Crippen molar-refractivity contribution in [3.63, 3.8) is 0 Å². The molecule has 0 fully saturated rings. The van der Waals surface area contributed by atoms with Crippen LogP contribution in [0.15, 0.2) is 0 Å². The lowest BCUT2D eigenvalue weighted by Gasteiger charge is -2.04. The first-order valence-corrected chi connectivity index (χ1v) is 7.49. The van der Waals surface area contributed by atoms with Crippen LogP contribution in [-0.4, -0.2) is 14.3 Å². The van der Waals surface area contributed by atoms with Gasteiger partial charge in [0.2, 0.25) is 0 Å². The molecule has 0 saturated heterocycles. The van der Waals surface area contributed by atoms with Crippen molar-refractivity contribution in [1.82, 2.24) is 0 Å². The van der Waals surface area contributed by atoms with Crippen LogP contribution in [0.2, 0.25) is 0 Å². The van der Waals surface area contributed by atoms with E-state index in [4.69, 9.17) is 26.6 Å². The highest BCUT2D eigenvalue weighted by Gasteiger charge is 2.00. The van der Waals surface area contributed by atoms with Gasteiger partial charge in [-0.25, -0.2) is 0 Å². The summed E-state index contributed by atoms with van der Waals surface area (Å²) in [6.45, 7) is 5.11. The van der Waals surface area contributed by atoms with Crippen molar-refractivity contribution in [2.45, 2.75) is 26.7 Å². The zero-order valence-electron chi connectivity index (χ0n) is 6.44. The summed E-state index contributed by atoms with van der Waals surface area (Å²) < 4.78 is 5.06. The van der Waals surface area contributed by atoms with Crippen LogP contribution in [0.1, 0.15) is 26.7 Å². The monoisotopic (exact) mass is 200 g/mol. The molecule has 0 rings (SSSR count). The Morgan fingerprint density at radius 2 is 2.00 bits per heavy atom. The Bertz CT molecular complexity index is 68.1. The minimum Gasteiger partial charge on any atom is -0.395 e. The fourth-order valence-electron chi connectivity index (χ4n) is 0.664. The lowest BCUT2D eigenvalue weighted by atomic mass is 10.1. The van der Waals surface area contributed by atoms with E-state index in [-0.39, 0.29) is 0 Å². The van der Waals surface area contributed by atoms with Crippen molar-refractivity contribution in [3.05, 3.63) is 0 Å². The van der Waals surface area contributed by atoms with Crippen molar-refractivity contribution in [1.29, 1.82) is 0 Å². The highest BCUT2D eigenvalue weighted by atomic mass is 35.7. The number of hydrogen-bond donors (Lipinski definition) is 0. The third-order valence-electron chi connectivity index (χ3n) is 1.17. The van der Waals surface area contributed by atoms with E-state index >= 15 is 0 Å². The molecule has 0 aliphatic rings. The summed E-state index contributed by atoms with van der Waals surface area (Å²) in [5.74, 6) is 0.745. The maximum Gasteiger partial charge on any atom is 0.373 e. The molecule has 62 valence electrons. The van der Waals surface area contributed by atoms with E-state index in [1.807, 2.05) is 0 Å². The molecule has 0 amide bonds. The number of hydrogen-bond acceptors (Lipinski definition) is 1. The molecular formula is C6H14Cl2OSi. The van der Waals surface area contributed by atoms with Crippen molar-refractivity contribution in [2.24, 2.45) is 5.92 Å². The molecule has 0 aliphatic heterocycles. The molecule has 0 saturated carbocycles. The van der Waals surface area contributed by atoms with Crippen LogP contribution in [0, 0.1) is 5.92 Å². The van der Waals surface area contributed by atoms with Crippen molar-refractivity contribution in [2.75, 3.05) is 6.61 Å². The zero-order valence-corrected chi connectivity index (χ0v) is 9.11. The van der Waals surface area contributed by atoms with E-state index in [1.54, 1.807) is 0 Å². The van der Waals surface area contributed by atoms with Gasteiger partial charge in [-0.15, -0.1) is 22.2 Å². The average molecular weight is 201 g/mol. The van der Waals surface area contributed by atoms with Gasteiger partial charge >= 0.3 is 7.66 Å². The molecule has 0 spiro atoms. The Labute approximate surface area is 73.8 Å². The Hall–Kier alpha value is 0.757. The normalized spacial score (nSPS) is 11.4. The summed E-state index contributed by atoms with van der Waals surface area (Å²) >= 11 is 11.0. The fourth-order valence-corrected chi connectivity index (χ4v) is 1.54. The van der Waals surface area contributed by atoms with Gasteiger partial charge in [-0.3, -0.25) is 0 Å². The second-order valence-corrected chi connectivity index (χ2v) is 6.57. The maximum atomic E-state index is 5.48. The third kappa shape index (κ3) is 8.76. The summed E-state index contributed by atoms with van der Waals surface area (Å²) in [6.07, 6.45) is 2.26. The van der Waals surface area contributed by atoms with E-state index in [0.29, 0.717) is 0 Å². The Morgan fingerprint density at radius 3 is 2.40 bits per heavy atom. The lowest BCUT2D eigenvalue weighted by Crippen LogP contribution is -2.04. The molecule has 0 aliphatic carbocycles. The highest BCUT2D eigenvalue weighted by Crippen LogP contribution is 2.05. The lowest BCUT2D eigenvalue weighted by molar-refractivity contribution is 0.316. The quantitative estimate of drug-likeness (QED) is 0.377. The first-order chi connectivity index (χ1) is 4.63. The Balaban J connectivity index is 2.91. The zero-order chi connectivity index (χ0) is 7.98. The van der Waals surface area contributed by atoms with E-state index in [0.717, 1.165) is 18.9 Å². The maximum absolute atomic E-state index is 5.48. The third-order valence-corrected chi connectivity index (χ3v) is 2.41. The van der Waals surface area contributed by atoms with Crippen LogP contribution in [0.4, 0.5) is 0 Å². The molecule has 0 radical (unpaired) electrons. The van der Waals surface area contributed by atoms with Gasteiger partial charge in [-0.1, -0.05) is 13.8 Å². The average Bonchev–Trinajstić information content (AvgIpc) is 1.79. The highest BCUT2D eigenvalue weighted by molar-refractivity contribution is 7.30. The molecule has 0 N–H and O–H groups in total. The molecule has 0 aromatic rings. The number of halogens is 2. The predicted molar refractivity (Wildman–Crippen MR) is 48.9 cm³/mol. The van der Waals surface area contributed by atoms with Gasteiger partial charge in [-0.2, -0.15) is 0 Å². The minimum absolute atomic E-state index is 0.724. The summed E-state index contributed by atoms with van der Waals surface area (Å²) in [7, 11) is -1.79. The number of rotatable bonds is 5. The van der Waals surface area contributed by atoms with Crippen LogP contribution in [0.25, 0.3) is 0 Å². The van der Waals surface area contributed by atoms with E-state index in [1.165, 1.54) is 6.42 Å². The van der Waals surface area contributed by atoms with Gasteiger partial charge in [0.1, 0.15) is 0 Å². The van der Waals surface area contributed by atoms with Crippen molar-refractivity contribution < 1.29 is 4.43 Å². The van der Waals surface area contributed by atoms with Gasteiger partial charge in [0.25, 0.3) is 0 Å². The minimum atomic E-state index is -1.79. The predicted octanol–water partition coefficient (Wildman–Crippen LogP) is 2.63. The largest absolute Gasteiger partial charge is 0.395 e. The van der Waals surface area contributed by atoms with E-state index in [2.05, 4.69) is 13.8 Å². The standard InChI is InChI=1S/C6H14Cl2OSi/c1-6(2)4-3-5-9-10(7)8/h6,10H,3-5H2,1-2H3. The Morgan fingerprint density at radius 1 is 1.40 bits per heavy atom. The van der Waals surface area contributed by atoms with Gasteiger partial charge in [-0.05, 0) is 18.8 Å². The Kier molecular flexibility index (Phi) is 6.96. The van der Waals surface area contributed by atoms with Gasteiger partial charge in [0.05, 0.1) is 0 Å². The van der Waals surface area contributed by atoms with Crippen LogP contribution in [0.5, 0.6) is 0 Å². The molecule has 10 heavy (non-hydrogen) atoms. The summed E-state index contributed by atoms with van der Waals surface area (Å²) in [6, 6.07) is 0. The first-order valence-electron chi connectivity index (χ1n) is 3.52. The van der Waals surface area contributed by atoms with Crippen LogP contribution in [-0.2, 0) is 4.43 Å². The molecular weight excluding hydrogens is 187 g/mol. The molecule has 0 unspecified atom stereocenters. The van der Waals surface area contributed by atoms with Gasteiger partial charge in [0.15, 0.2) is 0 Å². The molecule has 0 heterocycles. The molecule has 0 bridgehead atoms. The van der Waals surface area contributed by atoms with Crippen molar-refractivity contribution >= 4 is 29.8 Å². The van der Waals surface area contributed by atoms with E-state index in [9.17, 15) is 0 Å². The first kappa shape index (κ1) is 10.8. The summed E-state index contributed by atoms with van der Waals surface area (Å²) in [4.78, 5) is 0. The summed E-state index contributed by atoms with van der Waals surface area (Å²) in [5.41, 5.74) is 0. The second-order valence-electron chi connectivity index (χ2n) is 2.67. The smallest absolute Gasteiger partial charge is 0.373 e. The molecule has 1 nitrogen and oxygen atoms in total. The van der Waals surface area contributed by atoms with Crippen LogP contribution >= 0.6 is 22.2 Å². The van der Waals surface area contributed by atoms with Crippen molar-refractivity contribution in [3.8, 4) is 0 Å². The van der Waals surface area contributed by atoms with Gasteiger partial charge in [0, 0.05) is 6.61 Å². The van der Waals surface area contributed by atoms with Crippen LogP contribution in [0.3, 0.4) is 0 Å². The molecule has 4 heteroatoms. The SMILES string of the molecule is CC(C)CCCO[SiH](Cl)Cl. The molecule has 0 atom stereocenters. The summed E-state index contributed by atoms with van der Waals surface area (Å²) in [5, 5.41) is 0. The van der Waals surface area contributed by atoms with E-state index < -0.39 is 7.66 Å². The molecule has 0 aromatic carbocycles. The molecule has 0 aromatic heterocycles. The van der Waals surface area contributed by atoms with Crippen LogP contribution < -0.4 is 0 Å². The van der Waals surface area contributed by atoms with Gasteiger partial charge < -0.3 is 4.43 Å².